The van der Waals surface area contributed by atoms with Gasteiger partial charge in [-0.15, -0.1) is 0 Å². The SMILES string of the molecule is CC1CCC(c2cccc3c2OCCC3)NC1. The van der Waals surface area contributed by atoms with Gasteiger partial charge in [0.05, 0.1) is 6.61 Å². The Labute approximate surface area is 103 Å². The van der Waals surface area contributed by atoms with Crippen LogP contribution in [0.5, 0.6) is 5.75 Å². The highest BCUT2D eigenvalue weighted by Crippen LogP contribution is 2.36. The van der Waals surface area contributed by atoms with Crippen LogP contribution in [0.1, 0.15) is 43.4 Å². The lowest BCUT2D eigenvalue weighted by Gasteiger charge is -2.31. The topological polar surface area (TPSA) is 21.3 Å². The zero-order valence-corrected chi connectivity index (χ0v) is 10.5. The summed E-state index contributed by atoms with van der Waals surface area (Å²) in [4.78, 5) is 0. The predicted octanol–water partition coefficient (Wildman–Crippen LogP) is 3.07. The number of rotatable bonds is 1. The first-order valence-corrected chi connectivity index (χ1v) is 6.82. The van der Waals surface area contributed by atoms with Crippen LogP contribution in [0.2, 0.25) is 0 Å². The molecule has 0 bridgehead atoms. The molecule has 1 N–H and O–H groups in total. The number of piperidine rings is 1. The minimum absolute atomic E-state index is 0.499. The Kier molecular flexibility index (Phi) is 3.06. The van der Waals surface area contributed by atoms with Crippen molar-refractivity contribution < 1.29 is 4.74 Å². The van der Waals surface area contributed by atoms with Crippen LogP contribution in [0.4, 0.5) is 0 Å². The summed E-state index contributed by atoms with van der Waals surface area (Å²) < 4.78 is 5.89. The van der Waals surface area contributed by atoms with Crippen molar-refractivity contribution in [3.63, 3.8) is 0 Å². The maximum absolute atomic E-state index is 5.89. The summed E-state index contributed by atoms with van der Waals surface area (Å²) in [7, 11) is 0. The van der Waals surface area contributed by atoms with Crippen LogP contribution in [-0.4, -0.2) is 13.2 Å². The number of benzene rings is 1. The van der Waals surface area contributed by atoms with Gasteiger partial charge in [0.2, 0.25) is 0 Å². The molecule has 2 unspecified atom stereocenters. The van der Waals surface area contributed by atoms with Crippen molar-refractivity contribution in [3.8, 4) is 5.75 Å². The molecule has 0 spiro atoms. The van der Waals surface area contributed by atoms with Crippen molar-refractivity contribution in [2.75, 3.05) is 13.2 Å². The molecule has 0 saturated carbocycles. The van der Waals surface area contributed by atoms with E-state index in [2.05, 4.69) is 30.4 Å². The van der Waals surface area contributed by atoms with Gasteiger partial charge < -0.3 is 10.1 Å². The molecule has 1 fully saturated rings. The average Bonchev–Trinajstić information content (AvgIpc) is 2.39. The molecular weight excluding hydrogens is 210 g/mol. The standard InChI is InChI=1S/C15H21NO/c1-11-7-8-14(16-10-11)13-6-2-4-12-5-3-9-17-15(12)13/h2,4,6,11,14,16H,3,5,7-10H2,1H3. The van der Waals surface area contributed by atoms with Crippen molar-refractivity contribution in [3.05, 3.63) is 29.3 Å². The van der Waals surface area contributed by atoms with Crippen molar-refractivity contribution in [1.29, 1.82) is 0 Å². The van der Waals surface area contributed by atoms with Crippen molar-refractivity contribution >= 4 is 0 Å². The van der Waals surface area contributed by atoms with E-state index in [-0.39, 0.29) is 0 Å². The highest BCUT2D eigenvalue weighted by molar-refractivity contribution is 5.44. The minimum Gasteiger partial charge on any atom is -0.493 e. The summed E-state index contributed by atoms with van der Waals surface area (Å²) in [5.74, 6) is 1.98. The number of aryl methyl sites for hydroxylation is 1. The van der Waals surface area contributed by atoms with Gasteiger partial charge in [0, 0.05) is 11.6 Å². The molecule has 2 heterocycles. The van der Waals surface area contributed by atoms with E-state index in [1.54, 1.807) is 0 Å². The summed E-state index contributed by atoms with van der Waals surface area (Å²) in [6.07, 6.45) is 4.89. The fourth-order valence-corrected chi connectivity index (χ4v) is 2.95. The molecule has 17 heavy (non-hydrogen) atoms. The van der Waals surface area contributed by atoms with Crippen LogP contribution < -0.4 is 10.1 Å². The normalized spacial score (nSPS) is 28.3. The zero-order chi connectivity index (χ0) is 11.7. The zero-order valence-electron chi connectivity index (χ0n) is 10.5. The first kappa shape index (κ1) is 11.1. The smallest absolute Gasteiger partial charge is 0.127 e. The van der Waals surface area contributed by atoms with E-state index >= 15 is 0 Å². The fourth-order valence-electron chi connectivity index (χ4n) is 2.95. The lowest BCUT2D eigenvalue weighted by atomic mass is 9.90. The first-order chi connectivity index (χ1) is 8.34. The Hall–Kier alpha value is -1.02. The molecule has 2 aliphatic heterocycles. The number of ether oxygens (including phenoxy) is 1. The molecule has 0 aliphatic carbocycles. The molecule has 0 amide bonds. The lowest BCUT2D eigenvalue weighted by molar-refractivity contribution is 0.272. The van der Waals surface area contributed by atoms with Crippen molar-refractivity contribution in [1.82, 2.24) is 5.32 Å². The monoisotopic (exact) mass is 231 g/mol. The second-order valence-corrected chi connectivity index (χ2v) is 5.43. The van der Waals surface area contributed by atoms with Gasteiger partial charge >= 0.3 is 0 Å². The molecule has 0 radical (unpaired) electrons. The molecule has 2 nitrogen and oxygen atoms in total. The number of hydrogen-bond donors (Lipinski definition) is 1. The van der Waals surface area contributed by atoms with Crippen molar-refractivity contribution in [2.24, 2.45) is 5.92 Å². The molecule has 3 rings (SSSR count). The van der Waals surface area contributed by atoms with Crippen LogP contribution >= 0.6 is 0 Å². The number of fused-ring (bicyclic) bond motifs is 1. The second kappa shape index (κ2) is 4.69. The number of nitrogens with one attached hydrogen (secondary N) is 1. The third-order valence-corrected chi connectivity index (χ3v) is 4.00. The van der Waals surface area contributed by atoms with Crippen LogP contribution in [0, 0.1) is 5.92 Å². The molecule has 2 atom stereocenters. The summed E-state index contributed by atoms with van der Waals surface area (Å²) in [6.45, 7) is 4.33. The van der Waals surface area contributed by atoms with Crippen LogP contribution in [-0.2, 0) is 6.42 Å². The Morgan fingerprint density at radius 2 is 2.24 bits per heavy atom. The summed E-state index contributed by atoms with van der Waals surface area (Å²) >= 11 is 0. The van der Waals surface area contributed by atoms with Gasteiger partial charge in [0.25, 0.3) is 0 Å². The number of hydrogen-bond acceptors (Lipinski definition) is 2. The van der Waals surface area contributed by atoms with E-state index in [0.717, 1.165) is 25.5 Å². The Morgan fingerprint density at radius 3 is 3.06 bits per heavy atom. The maximum atomic E-state index is 5.89. The fraction of sp³-hybridized carbons (Fsp3) is 0.600. The van der Waals surface area contributed by atoms with E-state index in [1.165, 1.54) is 36.1 Å². The van der Waals surface area contributed by atoms with Gasteiger partial charge in [-0.05, 0) is 43.7 Å². The molecule has 0 aromatic heterocycles. The van der Waals surface area contributed by atoms with Gasteiger partial charge in [-0.3, -0.25) is 0 Å². The summed E-state index contributed by atoms with van der Waals surface area (Å²) in [5, 5.41) is 3.66. The van der Waals surface area contributed by atoms with Gasteiger partial charge in [-0.2, -0.15) is 0 Å². The van der Waals surface area contributed by atoms with E-state index in [1.807, 2.05) is 0 Å². The van der Waals surface area contributed by atoms with E-state index < -0.39 is 0 Å². The summed E-state index contributed by atoms with van der Waals surface area (Å²) in [6, 6.07) is 7.13. The largest absolute Gasteiger partial charge is 0.493 e. The minimum atomic E-state index is 0.499. The Morgan fingerprint density at radius 1 is 1.29 bits per heavy atom. The molecule has 2 aliphatic rings. The highest BCUT2D eigenvalue weighted by atomic mass is 16.5. The molecule has 1 aromatic carbocycles. The molecule has 2 heteroatoms. The van der Waals surface area contributed by atoms with E-state index in [4.69, 9.17) is 4.74 Å². The van der Waals surface area contributed by atoms with Gasteiger partial charge in [0.1, 0.15) is 5.75 Å². The Bertz CT molecular complexity index is 394. The number of para-hydroxylation sites is 1. The molecule has 1 saturated heterocycles. The van der Waals surface area contributed by atoms with Crippen molar-refractivity contribution in [2.45, 2.75) is 38.6 Å². The third kappa shape index (κ3) is 2.19. The lowest BCUT2D eigenvalue weighted by Crippen LogP contribution is -2.32. The highest BCUT2D eigenvalue weighted by Gasteiger charge is 2.24. The molecular formula is C15H21NO. The second-order valence-electron chi connectivity index (χ2n) is 5.43. The van der Waals surface area contributed by atoms with Crippen LogP contribution in [0.15, 0.2) is 18.2 Å². The summed E-state index contributed by atoms with van der Waals surface area (Å²) in [5.41, 5.74) is 2.78. The van der Waals surface area contributed by atoms with Gasteiger partial charge in [0.15, 0.2) is 0 Å². The van der Waals surface area contributed by atoms with Gasteiger partial charge in [-0.25, -0.2) is 0 Å². The van der Waals surface area contributed by atoms with E-state index in [0.29, 0.717) is 6.04 Å². The maximum Gasteiger partial charge on any atom is 0.127 e. The molecule has 92 valence electrons. The first-order valence-electron chi connectivity index (χ1n) is 6.82. The predicted molar refractivity (Wildman–Crippen MR) is 69.4 cm³/mol. The molecule has 1 aromatic rings. The quantitative estimate of drug-likeness (QED) is 0.802. The van der Waals surface area contributed by atoms with Crippen LogP contribution in [0.3, 0.4) is 0 Å². The average molecular weight is 231 g/mol. The van der Waals surface area contributed by atoms with E-state index in [9.17, 15) is 0 Å². The van der Waals surface area contributed by atoms with Crippen LogP contribution in [0.25, 0.3) is 0 Å². The third-order valence-electron chi connectivity index (χ3n) is 4.00. The van der Waals surface area contributed by atoms with Gasteiger partial charge in [-0.1, -0.05) is 25.1 Å². The Balaban J connectivity index is 1.87.